The van der Waals surface area contributed by atoms with Gasteiger partial charge in [-0.1, -0.05) is 6.92 Å². The van der Waals surface area contributed by atoms with Gasteiger partial charge in [0.1, 0.15) is 12.1 Å². The summed E-state index contributed by atoms with van der Waals surface area (Å²) in [6.07, 6.45) is 2.70. The number of nitrogens with one attached hydrogen (secondary N) is 1. The van der Waals surface area contributed by atoms with Crippen LogP contribution in [0.2, 0.25) is 0 Å². The van der Waals surface area contributed by atoms with E-state index >= 15 is 0 Å². The third kappa shape index (κ3) is 4.44. The van der Waals surface area contributed by atoms with Gasteiger partial charge in [-0.15, -0.1) is 0 Å². The summed E-state index contributed by atoms with van der Waals surface area (Å²) in [4.78, 5) is 8.03. The second kappa shape index (κ2) is 7.00. The molecule has 0 aliphatic rings. The van der Waals surface area contributed by atoms with Crippen molar-refractivity contribution in [3.63, 3.8) is 0 Å². The van der Waals surface area contributed by atoms with Crippen LogP contribution in [0.25, 0.3) is 0 Å². The van der Waals surface area contributed by atoms with E-state index < -0.39 is 0 Å². The van der Waals surface area contributed by atoms with Gasteiger partial charge in [0.15, 0.2) is 0 Å². The normalized spacial score (nSPS) is 12.2. The predicted molar refractivity (Wildman–Crippen MR) is 62.6 cm³/mol. The number of ether oxygens (including phenoxy) is 1. The van der Waals surface area contributed by atoms with E-state index in [1.54, 1.807) is 6.07 Å². The van der Waals surface area contributed by atoms with Gasteiger partial charge in [-0.3, -0.25) is 0 Å². The average molecular weight is 225 g/mol. The molecule has 0 saturated carbocycles. The largest absolute Gasteiger partial charge is 0.478 e. The van der Waals surface area contributed by atoms with Crippen LogP contribution < -0.4 is 10.1 Å². The van der Waals surface area contributed by atoms with Gasteiger partial charge in [0.25, 0.3) is 0 Å². The van der Waals surface area contributed by atoms with Gasteiger partial charge in [0.2, 0.25) is 5.88 Å². The van der Waals surface area contributed by atoms with Crippen molar-refractivity contribution in [2.75, 3.05) is 18.5 Å². The number of hydrogen-bond acceptors (Lipinski definition) is 5. The number of aliphatic hydroxyl groups is 1. The molecule has 0 radical (unpaired) electrons. The van der Waals surface area contributed by atoms with Crippen molar-refractivity contribution in [3.05, 3.63) is 12.4 Å². The first kappa shape index (κ1) is 12.7. The lowest BCUT2D eigenvalue weighted by Crippen LogP contribution is -2.13. The van der Waals surface area contributed by atoms with Crippen LogP contribution in [0.5, 0.6) is 5.88 Å². The molecule has 0 amide bonds. The summed E-state index contributed by atoms with van der Waals surface area (Å²) in [7, 11) is 0. The second-order valence-corrected chi connectivity index (χ2v) is 3.45. The van der Waals surface area contributed by atoms with E-state index in [4.69, 9.17) is 4.74 Å². The van der Waals surface area contributed by atoms with Crippen LogP contribution in [0.15, 0.2) is 12.4 Å². The summed E-state index contributed by atoms with van der Waals surface area (Å²) in [6.45, 7) is 5.15. The first-order chi connectivity index (χ1) is 7.76. The monoisotopic (exact) mass is 225 g/mol. The van der Waals surface area contributed by atoms with E-state index in [1.165, 1.54) is 6.33 Å². The van der Waals surface area contributed by atoms with Crippen LogP contribution in [0, 0.1) is 0 Å². The Balaban J connectivity index is 2.38. The Bertz CT molecular complexity index is 307. The van der Waals surface area contributed by atoms with E-state index in [2.05, 4.69) is 15.3 Å². The molecule has 2 N–H and O–H groups in total. The molecule has 0 aliphatic heterocycles. The van der Waals surface area contributed by atoms with Crippen LogP contribution >= 0.6 is 0 Å². The standard InChI is InChI=1S/C11H19N3O2/c1-3-9(15)5-6-12-10-7-11(16-4-2)14-8-13-10/h7-9,15H,3-6H2,1-2H3,(H,12,13,14). The van der Waals surface area contributed by atoms with Crippen molar-refractivity contribution in [3.8, 4) is 5.88 Å². The van der Waals surface area contributed by atoms with E-state index in [9.17, 15) is 5.11 Å². The topological polar surface area (TPSA) is 67.3 Å². The van der Waals surface area contributed by atoms with Crippen molar-refractivity contribution in [1.82, 2.24) is 9.97 Å². The lowest BCUT2D eigenvalue weighted by Gasteiger charge is -2.09. The molecule has 90 valence electrons. The fraction of sp³-hybridized carbons (Fsp3) is 0.636. The van der Waals surface area contributed by atoms with Crippen molar-refractivity contribution in [2.24, 2.45) is 0 Å². The zero-order valence-corrected chi connectivity index (χ0v) is 9.81. The molecule has 1 aromatic rings. The minimum absolute atomic E-state index is 0.249. The summed E-state index contributed by atoms with van der Waals surface area (Å²) < 4.78 is 5.25. The van der Waals surface area contributed by atoms with Gasteiger partial charge >= 0.3 is 0 Å². The Labute approximate surface area is 95.9 Å². The number of aliphatic hydroxyl groups excluding tert-OH is 1. The van der Waals surface area contributed by atoms with E-state index in [1.807, 2.05) is 13.8 Å². The average Bonchev–Trinajstić information content (AvgIpc) is 2.30. The zero-order chi connectivity index (χ0) is 11.8. The predicted octanol–water partition coefficient (Wildman–Crippen LogP) is 1.45. The van der Waals surface area contributed by atoms with Crippen LogP contribution in [-0.2, 0) is 0 Å². The zero-order valence-electron chi connectivity index (χ0n) is 9.81. The lowest BCUT2D eigenvalue weighted by molar-refractivity contribution is 0.164. The Morgan fingerprint density at radius 3 is 2.94 bits per heavy atom. The highest BCUT2D eigenvalue weighted by molar-refractivity contribution is 5.36. The molecular formula is C11H19N3O2. The van der Waals surface area contributed by atoms with E-state index in [0.717, 1.165) is 12.2 Å². The van der Waals surface area contributed by atoms with E-state index in [0.29, 0.717) is 25.5 Å². The molecule has 1 atom stereocenters. The van der Waals surface area contributed by atoms with Crippen molar-refractivity contribution in [2.45, 2.75) is 32.8 Å². The smallest absolute Gasteiger partial charge is 0.218 e. The quantitative estimate of drug-likeness (QED) is 0.735. The minimum atomic E-state index is -0.249. The Hall–Kier alpha value is -1.36. The highest BCUT2D eigenvalue weighted by Gasteiger charge is 2.01. The van der Waals surface area contributed by atoms with Crippen molar-refractivity contribution >= 4 is 5.82 Å². The number of rotatable bonds is 7. The maximum absolute atomic E-state index is 9.38. The summed E-state index contributed by atoms with van der Waals surface area (Å²) in [5.41, 5.74) is 0. The van der Waals surface area contributed by atoms with Crippen molar-refractivity contribution in [1.29, 1.82) is 0 Å². The summed E-state index contributed by atoms with van der Waals surface area (Å²) in [5, 5.41) is 12.5. The lowest BCUT2D eigenvalue weighted by atomic mass is 10.2. The molecule has 0 fully saturated rings. The third-order valence-electron chi connectivity index (χ3n) is 2.19. The van der Waals surface area contributed by atoms with Crippen LogP contribution in [0.4, 0.5) is 5.82 Å². The first-order valence-electron chi connectivity index (χ1n) is 5.63. The summed E-state index contributed by atoms with van der Waals surface area (Å²) in [5.74, 6) is 1.29. The molecule has 0 aromatic carbocycles. The SMILES string of the molecule is CCOc1cc(NCCC(O)CC)ncn1. The van der Waals surface area contributed by atoms with Gasteiger partial charge in [0, 0.05) is 12.6 Å². The molecule has 0 saturated heterocycles. The fourth-order valence-corrected chi connectivity index (χ4v) is 1.23. The number of nitrogens with zero attached hydrogens (tertiary/aromatic N) is 2. The number of anilines is 1. The molecular weight excluding hydrogens is 206 g/mol. The van der Waals surface area contributed by atoms with Crippen LogP contribution in [-0.4, -0.2) is 34.3 Å². The molecule has 1 unspecified atom stereocenters. The Morgan fingerprint density at radius 2 is 2.25 bits per heavy atom. The minimum Gasteiger partial charge on any atom is -0.478 e. The highest BCUT2D eigenvalue weighted by atomic mass is 16.5. The third-order valence-corrected chi connectivity index (χ3v) is 2.19. The molecule has 1 heterocycles. The number of aromatic nitrogens is 2. The molecule has 5 nitrogen and oxygen atoms in total. The van der Waals surface area contributed by atoms with Gasteiger partial charge in [-0.05, 0) is 19.8 Å². The molecule has 1 rings (SSSR count). The maximum atomic E-state index is 9.38. The fourth-order valence-electron chi connectivity index (χ4n) is 1.23. The highest BCUT2D eigenvalue weighted by Crippen LogP contribution is 2.10. The van der Waals surface area contributed by atoms with Gasteiger partial charge in [0.05, 0.1) is 12.7 Å². The first-order valence-corrected chi connectivity index (χ1v) is 5.63. The molecule has 0 bridgehead atoms. The molecule has 0 spiro atoms. The Morgan fingerprint density at radius 1 is 1.44 bits per heavy atom. The van der Waals surface area contributed by atoms with E-state index in [-0.39, 0.29) is 6.10 Å². The van der Waals surface area contributed by atoms with Crippen LogP contribution in [0.3, 0.4) is 0 Å². The van der Waals surface area contributed by atoms with Gasteiger partial charge in [-0.2, -0.15) is 0 Å². The summed E-state index contributed by atoms with van der Waals surface area (Å²) in [6, 6.07) is 1.75. The summed E-state index contributed by atoms with van der Waals surface area (Å²) >= 11 is 0. The van der Waals surface area contributed by atoms with Gasteiger partial charge < -0.3 is 15.2 Å². The molecule has 5 heteroatoms. The Kier molecular flexibility index (Phi) is 5.56. The molecule has 0 aliphatic carbocycles. The second-order valence-electron chi connectivity index (χ2n) is 3.45. The maximum Gasteiger partial charge on any atom is 0.218 e. The van der Waals surface area contributed by atoms with Crippen LogP contribution in [0.1, 0.15) is 26.7 Å². The number of hydrogen-bond donors (Lipinski definition) is 2. The molecule has 1 aromatic heterocycles. The molecule has 16 heavy (non-hydrogen) atoms. The van der Waals surface area contributed by atoms with Gasteiger partial charge in [-0.25, -0.2) is 9.97 Å². The van der Waals surface area contributed by atoms with Crippen molar-refractivity contribution < 1.29 is 9.84 Å².